The fourth-order valence-corrected chi connectivity index (χ4v) is 5.32. The molecule has 5 rings (SSSR count). The largest absolute Gasteiger partial charge is 0.343 e. The first kappa shape index (κ1) is 26.1. The topological polar surface area (TPSA) is 88.7 Å². The van der Waals surface area contributed by atoms with Gasteiger partial charge >= 0.3 is 0 Å². The normalized spacial score (nSPS) is 14.4. The van der Waals surface area contributed by atoms with Crippen molar-refractivity contribution >= 4 is 28.4 Å². The molecule has 0 unspecified atom stereocenters. The SMILES string of the molecule is CC(=O)N1CCN(C(=O)C[C@@H](c2cccc(F)c2)c2cn(Cc3ccccc3)c3ccc([N+](=O)[O-])cc23)CC1. The van der Waals surface area contributed by atoms with Gasteiger partial charge in [-0.25, -0.2) is 4.39 Å². The van der Waals surface area contributed by atoms with Crippen molar-refractivity contribution in [3.63, 3.8) is 0 Å². The quantitative estimate of drug-likeness (QED) is 0.251. The fourth-order valence-electron chi connectivity index (χ4n) is 5.32. The highest BCUT2D eigenvalue weighted by atomic mass is 19.1. The maximum atomic E-state index is 14.4. The van der Waals surface area contributed by atoms with E-state index in [9.17, 15) is 24.1 Å². The molecule has 200 valence electrons. The number of amides is 2. The van der Waals surface area contributed by atoms with Gasteiger partial charge in [0.05, 0.1) is 4.92 Å². The first-order valence-corrected chi connectivity index (χ1v) is 12.9. The van der Waals surface area contributed by atoms with Gasteiger partial charge in [0.2, 0.25) is 11.8 Å². The average molecular weight is 529 g/mol. The van der Waals surface area contributed by atoms with Crippen LogP contribution in [0.4, 0.5) is 10.1 Å². The number of rotatable bonds is 7. The molecular weight excluding hydrogens is 499 g/mol. The highest BCUT2D eigenvalue weighted by molar-refractivity contribution is 5.88. The van der Waals surface area contributed by atoms with Gasteiger partial charge < -0.3 is 14.4 Å². The van der Waals surface area contributed by atoms with E-state index in [2.05, 4.69) is 0 Å². The van der Waals surface area contributed by atoms with E-state index in [4.69, 9.17) is 0 Å². The van der Waals surface area contributed by atoms with Crippen LogP contribution in [0.2, 0.25) is 0 Å². The third-order valence-electron chi connectivity index (χ3n) is 7.38. The second-order valence-electron chi connectivity index (χ2n) is 9.86. The molecule has 0 radical (unpaired) electrons. The van der Waals surface area contributed by atoms with E-state index in [1.54, 1.807) is 28.0 Å². The maximum Gasteiger partial charge on any atom is 0.270 e. The Kier molecular flexibility index (Phi) is 7.40. The summed E-state index contributed by atoms with van der Waals surface area (Å²) in [5, 5.41) is 12.3. The molecule has 0 bridgehead atoms. The number of aromatic nitrogens is 1. The minimum Gasteiger partial charge on any atom is -0.343 e. The minimum atomic E-state index is -0.527. The van der Waals surface area contributed by atoms with Gasteiger partial charge in [0.25, 0.3) is 5.69 Å². The molecule has 8 nitrogen and oxygen atoms in total. The van der Waals surface area contributed by atoms with Crippen LogP contribution < -0.4 is 0 Å². The molecule has 1 fully saturated rings. The summed E-state index contributed by atoms with van der Waals surface area (Å²) in [6, 6.07) is 20.8. The number of benzene rings is 3. The number of halogens is 1. The minimum absolute atomic E-state index is 0.0208. The highest BCUT2D eigenvalue weighted by Gasteiger charge is 2.28. The molecule has 0 N–H and O–H groups in total. The summed E-state index contributed by atoms with van der Waals surface area (Å²) in [5.74, 6) is -1.08. The first-order chi connectivity index (χ1) is 18.8. The molecule has 39 heavy (non-hydrogen) atoms. The standard InChI is InChI=1S/C30H29FN4O4/c1-21(36)32-12-14-33(15-13-32)30(37)18-26(23-8-5-9-24(31)16-23)28-20-34(19-22-6-3-2-4-7-22)29-11-10-25(35(38)39)17-27(28)29/h2-11,16-17,20,26H,12-15,18-19H2,1H3/t26-/m0/s1. The molecule has 1 aromatic heterocycles. The number of fused-ring (bicyclic) bond motifs is 1. The van der Waals surface area contributed by atoms with Gasteiger partial charge in [-0.05, 0) is 34.9 Å². The molecule has 0 spiro atoms. The lowest BCUT2D eigenvalue weighted by Gasteiger charge is -2.35. The summed E-state index contributed by atoms with van der Waals surface area (Å²) < 4.78 is 16.4. The number of hydrogen-bond acceptors (Lipinski definition) is 4. The Labute approximate surface area is 225 Å². The van der Waals surface area contributed by atoms with Crippen LogP contribution in [0.25, 0.3) is 10.9 Å². The Morgan fingerprint density at radius 1 is 0.949 bits per heavy atom. The Morgan fingerprint density at radius 3 is 2.33 bits per heavy atom. The van der Waals surface area contributed by atoms with Gasteiger partial charge in [-0.15, -0.1) is 0 Å². The molecule has 2 amide bonds. The van der Waals surface area contributed by atoms with Gasteiger partial charge in [-0.1, -0.05) is 42.5 Å². The maximum absolute atomic E-state index is 14.4. The van der Waals surface area contributed by atoms with Crippen LogP contribution in [0.1, 0.15) is 36.0 Å². The van der Waals surface area contributed by atoms with Crippen molar-refractivity contribution in [2.75, 3.05) is 26.2 Å². The number of hydrogen-bond donors (Lipinski definition) is 0. The van der Waals surface area contributed by atoms with Crippen LogP contribution in [-0.4, -0.2) is 57.3 Å². The summed E-state index contributed by atoms with van der Waals surface area (Å²) >= 11 is 0. The Bertz CT molecular complexity index is 1530. The van der Waals surface area contributed by atoms with Gasteiger partial charge in [-0.3, -0.25) is 19.7 Å². The average Bonchev–Trinajstić information content (AvgIpc) is 3.29. The first-order valence-electron chi connectivity index (χ1n) is 12.9. The predicted octanol–water partition coefficient (Wildman–Crippen LogP) is 4.95. The number of nitro groups is 1. The zero-order valence-corrected chi connectivity index (χ0v) is 21.6. The van der Waals surface area contributed by atoms with Crippen molar-refractivity contribution < 1.29 is 18.9 Å². The van der Waals surface area contributed by atoms with Crippen LogP contribution in [-0.2, 0) is 16.1 Å². The second kappa shape index (κ2) is 11.1. The molecular formula is C30H29FN4O4. The van der Waals surface area contributed by atoms with Crippen LogP contribution in [0.5, 0.6) is 0 Å². The van der Waals surface area contributed by atoms with Gasteiger partial charge in [0.15, 0.2) is 0 Å². The smallest absolute Gasteiger partial charge is 0.270 e. The molecule has 4 aromatic rings. The van der Waals surface area contributed by atoms with E-state index < -0.39 is 16.7 Å². The molecule has 0 aliphatic carbocycles. The molecule has 0 saturated carbocycles. The predicted molar refractivity (Wildman–Crippen MR) is 146 cm³/mol. The lowest BCUT2D eigenvalue weighted by Crippen LogP contribution is -2.50. The molecule has 2 heterocycles. The van der Waals surface area contributed by atoms with E-state index in [0.29, 0.717) is 43.7 Å². The van der Waals surface area contributed by atoms with Crippen LogP contribution in [0.15, 0.2) is 79.0 Å². The van der Waals surface area contributed by atoms with E-state index in [1.807, 2.05) is 41.1 Å². The van der Waals surface area contributed by atoms with Crippen LogP contribution in [0, 0.1) is 15.9 Å². The zero-order valence-electron chi connectivity index (χ0n) is 21.6. The van der Waals surface area contributed by atoms with Gasteiger partial charge in [-0.2, -0.15) is 0 Å². The van der Waals surface area contributed by atoms with Gasteiger partial charge in [0.1, 0.15) is 5.82 Å². The third-order valence-corrected chi connectivity index (χ3v) is 7.38. The van der Waals surface area contributed by atoms with Crippen molar-refractivity contribution in [1.82, 2.24) is 14.4 Å². The lowest BCUT2D eigenvalue weighted by atomic mass is 9.87. The van der Waals surface area contributed by atoms with Crippen LogP contribution in [0.3, 0.4) is 0 Å². The monoisotopic (exact) mass is 528 g/mol. The summed E-state index contributed by atoms with van der Waals surface area (Å²) in [6.07, 6.45) is 1.99. The number of carbonyl (C=O) groups is 2. The van der Waals surface area contributed by atoms with E-state index in [0.717, 1.165) is 16.6 Å². The van der Waals surface area contributed by atoms with Crippen LogP contribution >= 0.6 is 0 Å². The fraction of sp³-hybridized carbons (Fsp3) is 0.267. The highest BCUT2D eigenvalue weighted by Crippen LogP contribution is 2.37. The van der Waals surface area contributed by atoms with Crippen molar-refractivity contribution in [2.24, 2.45) is 0 Å². The summed E-state index contributed by atoms with van der Waals surface area (Å²) in [6.45, 7) is 3.83. The third kappa shape index (κ3) is 5.67. The van der Waals surface area contributed by atoms with Crippen molar-refractivity contribution in [1.29, 1.82) is 0 Å². The lowest BCUT2D eigenvalue weighted by molar-refractivity contribution is -0.384. The summed E-state index contributed by atoms with van der Waals surface area (Å²) in [5.41, 5.74) is 3.15. The number of piperazine rings is 1. The van der Waals surface area contributed by atoms with Crippen molar-refractivity contribution in [3.05, 3.63) is 112 Å². The number of nitrogens with zero attached hydrogens (tertiary/aromatic N) is 4. The van der Waals surface area contributed by atoms with E-state index in [1.165, 1.54) is 31.2 Å². The number of nitro benzene ring substituents is 1. The summed E-state index contributed by atoms with van der Waals surface area (Å²) in [7, 11) is 0. The molecule has 1 aliphatic heterocycles. The van der Waals surface area contributed by atoms with E-state index >= 15 is 0 Å². The van der Waals surface area contributed by atoms with Gasteiger partial charge in [0, 0.05) is 81.2 Å². The molecule has 1 saturated heterocycles. The number of carbonyl (C=O) groups excluding carboxylic acids is 2. The van der Waals surface area contributed by atoms with Crippen molar-refractivity contribution in [3.8, 4) is 0 Å². The molecule has 1 atom stereocenters. The van der Waals surface area contributed by atoms with E-state index in [-0.39, 0.29) is 23.9 Å². The molecule has 9 heteroatoms. The Morgan fingerprint density at radius 2 is 1.67 bits per heavy atom. The molecule has 1 aliphatic rings. The summed E-state index contributed by atoms with van der Waals surface area (Å²) in [4.78, 5) is 39.9. The number of non-ortho nitro benzene ring substituents is 1. The Balaban J connectivity index is 1.57. The second-order valence-corrected chi connectivity index (χ2v) is 9.86. The Hall–Kier alpha value is -4.53. The molecule has 3 aromatic carbocycles. The van der Waals surface area contributed by atoms with Crippen molar-refractivity contribution in [2.45, 2.75) is 25.8 Å². The zero-order chi connectivity index (χ0) is 27.5.